The standard InChI is InChI=1S/C27H16N4/c1-2-4-17-15(3-1)11-21-18(17)6-5-16-12-23-26(25(16)21)30-27-22-13-28-9-7-19(22)20-8-10-29-14-24(20)31(23)27/h1-10,13-14H,11-12H2. The van der Waals surface area contributed by atoms with E-state index in [0.717, 1.165) is 35.1 Å². The van der Waals surface area contributed by atoms with Crippen LogP contribution < -0.4 is 0 Å². The zero-order valence-corrected chi connectivity index (χ0v) is 16.6. The number of nitrogens with zero attached hydrogens (tertiary/aromatic N) is 4. The van der Waals surface area contributed by atoms with Gasteiger partial charge in [-0.3, -0.25) is 14.4 Å². The van der Waals surface area contributed by atoms with Crippen molar-refractivity contribution in [2.45, 2.75) is 12.8 Å². The minimum absolute atomic E-state index is 0.894. The highest BCUT2D eigenvalue weighted by Crippen LogP contribution is 2.48. The van der Waals surface area contributed by atoms with Gasteiger partial charge in [-0.15, -0.1) is 0 Å². The Morgan fingerprint density at radius 3 is 2.55 bits per heavy atom. The molecular weight excluding hydrogens is 380 g/mol. The molecule has 2 aliphatic rings. The molecular formula is C27H16N4. The second-order valence-electron chi connectivity index (χ2n) is 8.52. The number of rotatable bonds is 0. The summed E-state index contributed by atoms with van der Waals surface area (Å²) in [5.74, 6) is 0. The minimum Gasteiger partial charge on any atom is -0.294 e. The molecule has 0 N–H and O–H groups in total. The highest BCUT2D eigenvalue weighted by Gasteiger charge is 2.32. The average Bonchev–Trinajstić information content (AvgIpc) is 3.48. The van der Waals surface area contributed by atoms with Gasteiger partial charge in [0.2, 0.25) is 0 Å². The van der Waals surface area contributed by atoms with Gasteiger partial charge < -0.3 is 0 Å². The molecule has 6 aromatic rings. The van der Waals surface area contributed by atoms with Crippen molar-refractivity contribution in [3.63, 3.8) is 0 Å². The number of fused-ring (bicyclic) bond motifs is 14. The van der Waals surface area contributed by atoms with Crippen molar-refractivity contribution in [3.8, 4) is 22.4 Å². The molecule has 4 heteroatoms. The number of benzene rings is 2. The van der Waals surface area contributed by atoms with Gasteiger partial charge in [0.1, 0.15) is 5.65 Å². The maximum Gasteiger partial charge on any atom is 0.147 e. The zero-order chi connectivity index (χ0) is 20.1. The predicted molar refractivity (Wildman–Crippen MR) is 122 cm³/mol. The van der Waals surface area contributed by atoms with Gasteiger partial charge in [-0.1, -0.05) is 36.4 Å². The third-order valence-electron chi connectivity index (χ3n) is 7.03. The molecule has 4 nitrogen and oxygen atoms in total. The first-order valence-electron chi connectivity index (χ1n) is 10.6. The van der Waals surface area contributed by atoms with Crippen LogP contribution in [0.15, 0.2) is 73.3 Å². The number of aromatic nitrogens is 4. The van der Waals surface area contributed by atoms with Crippen LogP contribution in [0.4, 0.5) is 0 Å². The van der Waals surface area contributed by atoms with E-state index in [0.29, 0.717) is 0 Å². The van der Waals surface area contributed by atoms with Crippen molar-refractivity contribution in [1.82, 2.24) is 19.4 Å². The van der Waals surface area contributed by atoms with Gasteiger partial charge in [-0.05, 0) is 51.8 Å². The molecule has 0 radical (unpaired) electrons. The molecule has 4 aromatic heterocycles. The maximum absolute atomic E-state index is 5.25. The molecule has 0 bridgehead atoms. The third-order valence-corrected chi connectivity index (χ3v) is 7.03. The Hall–Kier alpha value is -4.05. The lowest BCUT2D eigenvalue weighted by Crippen LogP contribution is -1.97. The van der Waals surface area contributed by atoms with Crippen LogP contribution in [0.5, 0.6) is 0 Å². The Morgan fingerprint density at radius 2 is 1.58 bits per heavy atom. The van der Waals surface area contributed by atoms with Gasteiger partial charge in [-0.25, -0.2) is 4.98 Å². The zero-order valence-electron chi connectivity index (χ0n) is 16.6. The Morgan fingerprint density at radius 1 is 0.710 bits per heavy atom. The molecule has 0 amide bonds. The van der Waals surface area contributed by atoms with E-state index >= 15 is 0 Å². The van der Waals surface area contributed by atoms with Gasteiger partial charge >= 0.3 is 0 Å². The summed E-state index contributed by atoms with van der Waals surface area (Å²) >= 11 is 0. The van der Waals surface area contributed by atoms with Gasteiger partial charge in [0, 0.05) is 41.3 Å². The quantitative estimate of drug-likeness (QED) is 0.315. The van der Waals surface area contributed by atoms with E-state index in [1.807, 2.05) is 24.8 Å². The fraction of sp³-hybridized carbons (Fsp3) is 0.0741. The Kier molecular flexibility index (Phi) is 2.72. The molecule has 0 fully saturated rings. The highest BCUT2D eigenvalue weighted by atomic mass is 15.0. The fourth-order valence-corrected chi connectivity index (χ4v) is 5.74. The minimum atomic E-state index is 0.894. The molecule has 2 aromatic carbocycles. The Balaban J connectivity index is 1.52. The summed E-state index contributed by atoms with van der Waals surface area (Å²) < 4.78 is 2.32. The molecule has 0 saturated heterocycles. The van der Waals surface area contributed by atoms with Crippen LogP contribution in [0.1, 0.15) is 22.4 Å². The number of imidazole rings is 1. The average molecular weight is 396 g/mol. The second-order valence-corrected chi connectivity index (χ2v) is 8.52. The van der Waals surface area contributed by atoms with Crippen LogP contribution in [-0.4, -0.2) is 19.4 Å². The lowest BCUT2D eigenvalue weighted by molar-refractivity contribution is 1.09. The summed E-state index contributed by atoms with van der Waals surface area (Å²) in [4.78, 5) is 14.1. The maximum atomic E-state index is 5.25. The summed E-state index contributed by atoms with van der Waals surface area (Å²) in [6.45, 7) is 0. The fourth-order valence-electron chi connectivity index (χ4n) is 5.74. The van der Waals surface area contributed by atoms with Crippen LogP contribution in [0.25, 0.3) is 49.7 Å². The summed E-state index contributed by atoms with van der Waals surface area (Å²) in [5, 5.41) is 3.45. The molecule has 4 heterocycles. The van der Waals surface area contributed by atoms with Crippen molar-refractivity contribution in [2.24, 2.45) is 0 Å². The van der Waals surface area contributed by atoms with E-state index in [1.54, 1.807) is 0 Å². The van der Waals surface area contributed by atoms with Gasteiger partial charge in [0.25, 0.3) is 0 Å². The van der Waals surface area contributed by atoms with E-state index in [9.17, 15) is 0 Å². The van der Waals surface area contributed by atoms with Crippen molar-refractivity contribution in [2.75, 3.05) is 0 Å². The first kappa shape index (κ1) is 15.7. The summed E-state index contributed by atoms with van der Waals surface area (Å²) in [5.41, 5.74) is 12.7. The van der Waals surface area contributed by atoms with E-state index in [2.05, 4.69) is 62.9 Å². The van der Waals surface area contributed by atoms with Gasteiger partial charge in [0.05, 0.1) is 23.1 Å². The van der Waals surface area contributed by atoms with E-state index in [-0.39, 0.29) is 0 Å². The largest absolute Gasteiger partial charge is 0.294 e. The molecule has 8 rings (SSSR count). The number of hydrogen-bond acceptors (Lipinski definition) is 3. The molecule has 0 aliphatic heterocycles. The summed E-state index contributed by atoms with van der Waals surface area (Å²) in [6, 6.07) is 17.5. The molecule has 0 unspecified atom stereocenters. The van der Waals surface area contributed by atoms with Crippen LogP contribution in [0, 0.1) is 0 Å². The van der Waals surface area contributed by atoms with Crippen molar-refractivity contribution in [3.05, 3.63) is 95.7 Å². The summed E-state index contributed by atoms with van der Waals surface area (Å²) in [7, 11) is 0. The number of hydrogen-bond donors (Lipinski definition) is 0. The first-order chi connectivity index (χ1) is 15.4. The van der Waals surface area contributed by atoms with E-state index in [1.165, 1.54) is 49.8 Å². The van der Waals surface area contributed by atoms with Crippen LogP contribution in [-0.2, 0) is 12.8 Å². The summed E-state index contributed by atoms with van der Waals surface area (Å²) in [6.07, 6.45) is 9.50. The SMILES string of the molecule is c1ccc2c(c1)Cc1c-2ccc2c1-c1nc3c4cnccc4c4ccncc4n3c1C2. The van der Waals surface area contributed by atoms with Crippen LogP contribution in [0.3, 0.4) is 0 Å². The number of pyridine rings is 3. The molecule has 31 heavy (non-hydrogen) atoms. The first-order valence-corrected chi connectivity index (χ1v) is 10.6. The molecule has 2 aliphatic carbocycles. The molecule has 0 atom stereocenters. The lowest BCUT2D eigenvalue weighted by atomic mass is 9.97. The second kappa shape index (κ2) is 5.35. The van der Waals surface area contributed by atoms with Crippen LogP contribution in [0.2, 0.25) is 0 Å². The molecule has 0 saturated carbocycles. The lowest BCUT2D eigenvalue weighted by Gasteiger charge is -2.10. The van der Waals surface area contributed by atoms with Crippen molar-refractivity contribution >= 4 is 27.3 Å². The molecule has 0 spiro atoms. The Bertz CT molecular complexity index is 1740. The monoisotopic (exact) mass is 396 g/mol. The van der Waals surface area contributed by atoms with E-state index in [4.69, 9.17) is 4.98 Å². The van der Waals surface area contributed by atoms with Gasteiger partial charge in [-0.2, -0.15) is 0 Å². The van der Waals surface area contributed by atoms with Gasteiger partial charge in [0.15, 0.2) is 0 Å². The molecule has 144 valence electrons. The van der Waals surface area contributed by atoms with Crippen molar-refractivity contribution in [1.29, 1.82) is 0 Å². The highest BCUT2D eigenvalue weighted by molar-refractivity contribution is 6.12. The van der Waals surface area contributed by atoms with E-state index < -0.39 is 0 Å². The van der Waals surface area contributed by atoms with Crippen LogP contribution >= 0.6 is 0 Å². The smallest absolute Gasteiger partial charge is 0.147 e. The Labute approximate surface area is 177 Å². The predicted octanol–water partition coefficient (Wildman–Crippen LogP) is 5.57. The normalized spacial score (nSPS) is 13.5. The topological polar surface area (TPSA) is 43.1 Å². The third kappa shape index (κ3) is 1.84. The van der Waals surface area contributed by atoms with Crippen molar-refractivity contribution < 1.29 is 0 Å².